The molecule has 19 heavy (non-hydrogen) atoms. The predicted molar refractivity (Wildman–Crippen MR) is 74.4 cm³/mol. The Hall–Kier alpha value is -1.06. The zero-order valence-electron chi connectivity index (χ0n) is 12.4. The lowest BCUT2D eigenvalue weighted by Crippen LogP contribution is -2.10. The van der Waals surface area contributed by atoms with E-state index in [2.05, 4.69) is 6.92 Å². The molecule has 0 atom stereocenters. The van der Waals surface area contributed by atoms with Crippen molar-refractivity contribution >= 4 is 11.9 Å². The minimum atomic E-state index is -0.167. The molecule has 0 unspecified atom stereocenters. The molecule has 4 nitrogen and oxygen atoms in total. The summed E-state index contributed by atoms with van der Waals surface area (Å²) in [5, 5.41) is 0. The Kier molecular flexibility index (Phi) is 11.3. The fraction of sp³-hybridized carbons (Fsp3) is 0.800. The summed E-state index contributed by atoms with van der Waals surface area (Å²) < 4.78 is 10.1. The molecule has 0 aliphatic carbocycles. The summed E-state index contributed by atoms with van der Waals surface area (Å²) in [5.41, 5.74) is 0. The quantitative estimate of drug-likeness (QED) is 0.427. The van der Waals surface area contributed by atoms with Crippen LogP contribution in [-0.4, -0.2) is 25.2 Å². The van der Waals surface area contributed by atoms with E-state index in [9.17, 15) is 9.59 Å². The van der Waals surface area contributed by atoms with Crippen LogP contribution in [-0.2, 0) is 19.1 Å². The number of carbonyl (C=O) groups excluding carboxylic acids is 2. The van der Waals surface area contributed by atoms with E-state index >= 15 is 0 Å². The van der Waals surface area contributed by atoms with Gasteiger partial charge in [0.25, 0.3) is 0 Å². The fourth-order valence-electron chi connectivity index (χ4n) is 1.48. The zero-order chi connectivity index (χ0) is 14.5. The van der Waals surface area contributed by atoms with Crippen molar-refractivity contribution in [2.75, 3.05) is 13.2 Å². The van der Waals surface area contributed by atoms with Crippen molar-refractivity contribution < 1.29 is 19.1 Å². The summed E-state index contributed by atoms with van der Waals surface area (Å²) in [7, 11) is 0. The Morgan fingerprint density at radius 2 is 1.84 bits per heavy atom. The first-order valence-corrected chi connectivity index (χ1v) is 7.19. The largest absolute Gasteiger partial charge is 0.466 e. The maximum absolute atomic E-state index is 11.3. The lowest BCUT2D eigenvalue weighted by molar-refractivity contribution is -0.145. The van der Waals surface area contributed by atoms with E-state index < -0.39 is 0 Å². The van der Waals surface area contributed by atoms with Gasteiger partial charge in [-0.3, -0.25) is 9.59 Å². The fourth-order valence-corrected chi connectivity index (χ4v) is 1.48. The summed E-state index contributed by atoms with van der Waals surface area (Å²) in [6, 6.07) is 0. The smallest absolute Gasteiger partial charge is 0.306 e. The van der Waals surface area contributed by atoms with Gasteiger partial charge in [-0.05, 0) is 18.8 Å². The molecule has 0 aromatic rings. The highest BCUT2D eigenvalue weighted by Crippen LogP contribution is 2.03. The summed E-state index contributed by atoms with van der Waals surface area (Å²) in [4.78, 5) is 22.5. The van der Waals surface area contributed by atoms with Crippen molar-refractivity contribution in [3.8, 4) is 0 Å². The van der Waals surface area contributed by atoms with Crippen LogP contribution in [0.3, 0.4) is 0 Å². The van der Waals surface area contributed by atoms with Crippen molar-refractivity contribution in [2.24, 2.45) is 5.92 Å². The maximum atomic E-state index is 11.3. The van der Waals surface area contributed by atoms with Gasteiger partial charge in [-0.1, -0.05) is 33.6 Å². The third-order valence-corrected chi connectivity index (χ3v) is 2.51. The second kappa shape index (κ2) is 12.0. The van der Waals surface area contributed by atoms with Gasteiger partial charge in [0, 0.05) is 19.3 Å². The van der Waals surface area contributed by atoms with Crippen molar-refractivity contribution in [1.82, 2.24) is 0 Å². The molecular weight excluding hydrogens is 244 g/mol. The highest BCUT2D eigenvalue weighted by Gasteiger charge is 2.06. The molecule has 0 aromatic carbocycles. The molecule has 0 heterocycles. The first-order chi connectivity index (χ1) is 9.06. The Morgan fingerprint density at radius 1 is 1.11 bits per heavy atom. The number of hydrogen-bond acceptors (Lipinski definition) is 4. The molecule has 111 valence electrons. The van der Waals surface area contributed by atoms with E-state index in [0.717, 1.165) is 19.3 Å². The number of rotatable bonds is 11. The third-order valence-electron chi connectivity index (χ3n) is 2.51. The number of ether oxygens (including phenoxy) is 2. The van der Waals surface area contributed by atoms with Crippen LogP contribution in [0.25, 0.3) is 0 Å². The molecule has 0 saturated carbocycles. The van der Waals surface area contributed by atoms with E-state index in [1.807, 2.05) is 20.3 Å². The van der Waals surface area contributed by atoms with Gasteiger partial charge in [0.15, 0.2) is 0 Å². The molecule has 0 aliphatic heterocycles. The molecular formula is C15H27O4. The standard InChI is InChI=1S/C15H27O4/c1-4-5-6-9-14(16)18-10-7-8-11-19-15(17)12-13(2)3/h7,13H,4-6,8-12H2,1-3H3. The topological polar surface area (TPSA) is 52.6 Å². The highest BCUT2D eigenvalue weighted by atomic mass is 16.5. The number of carbonyl (C=O) groups is 2. The molecule has 0 bridgehead atoms. The molecule has 0 saturated heterocycles. The van der Waals surface area contributed by atoms with Crippen LogP contribution in [0.4, 0.5) is 0 Å². The lowest BCUT2D eigenvalue weighted by atomic mass is 10.1. The van der Waals surface area contributed by atoms with E-state index in [1.54, 1.807) is 0 Å². The predicted octanol–water partition coefficient (Wildman–Crippen LogP) is 3.29. The second-order valence-electron chi connectivity index (χ2n) is 5.04. The lowest BCUT2D eigenvalue weighted by Gasteiger charge is -2.07. The van der Waals surface area contributed by atoms with Crippen LogP contribution in [0, 0.1) is 12.3 Å². The van der Waals surface area contributed by atoms with Crippen LogP contribution in [0.2, 0.25) is 0 Å². The van der Waals surface area contributed by atoms with Crippen LogP contribution >= 0.6 is 0 Å². The minimum absolute atomic E-state index is 0.151. The molecule has 1 radical (unpaired) electrons. The SMILES string of the molecule is CCCCCC(=O)OC[CH]CCOC(=O)CC(C)C. The first-order valence-electron chi connectivity index (χ1n) is 7.19. The Labute approximate surface area is 116 Å². The van der Waals surface area contributed by atoms with E-state index in [0.29, 0.717) is 38.4 Å². The van der Waals surface area contributed by atoms with Crippen molar-refractivity contribution in [2.45, 2.75) is 59.3 Å². The van der Waals surface area contributed by atoms with Crippen molar-refractivity contribution in [1.29, 1.82) is 0 Å². The monoisotopic (exact) mass is 271 g/mol. The van der Waals surface area contributed by atoms with E-state index in [4.69, 9.17) is 9.47 Å². The Morgan fingerprint density at radius 3 is 2.47 bits per heavy atom. The van der Waals surface area contributed by atoms with Crippen LogP contribution in [0.1, 0.15) is 59.3 Å². The van der Waals surface area contributed by atoms with Gasteiger partial charge in [-0.2, -0.15) is 0 Å². The van der Waals surface area contributed by atoms with E-state index in [-0.39, 0.29) is 11.9 Å². The van der Waals surface area contributed by atoms with Gasteiger partial charge in [-0.25, -0.2) is 0 Å². The average molecular weight is 271 g/mol. The molecule has 0 N–H and O–H groups in total. The highest BCUT2D eigenvalue weighted by molar-refractivity contribution is 5.69. The molecule has 0 fully saturated rings. The summed E-state index contributed by atoms with van der Waals surface area (Å²) >= 11 is 0. The van der Waals surface area contributed by atoms with Gasteiger partial charge < -0.3 is 9.47 Å². The van der Waals surface area contributed by atoms with Gasteiger partial charge in [0.2, 0.25) is 0 Å². The number of unbranched alkanes of at least 4 members (excludes halogenated alkanes) is 3. The van der Waals surface area contributed by atoms with Gasteiger partial charge >= 0.3 is 11.9 Å². The minimum Gasteiger partial charge on any atom is -0.466 e. The van der Waals surface area contributed by atoms with Gasteiger partial charge in [0.05, 0.1) is 13.2 Å². The third kappa shape index (κ3) is 13.2. The Bertz CT molecular complexity index is 249. The summed E-state index contributed by atoms with van der Waals surface area (Å²) in [6.07, 6.45) is 6.43. The maximum Gasteiger partial charge on any atom is 0.306 e. The second-order valence-corrected chi connectivity index (χ2v) is 5.04. The normalized spacial score (nSPS) is 10.5. The summed E-state index contributed by atoms with van der Waals surface area (Å²) in [6.45, 7) is 6.71. The first kappa shape index (κ1) is 17.9. The molecule has 0 amide bonds. The zero-order valence-corrected chi connectivity index (χ0v) is 12.4. The number of esters is 2. The molecule has 0 aliphatic rings. The van der Waals surface area contributed by atoms with Crippen molar-refractivity contribution in [3.63, 3.8) is 0 Å². The van der Waals surface area contributed by atoms with Crippen LogP contribution in [0.5, 0.6) is 0 Å². The van der Waals surface area contributed by atoms with Crippen LogP contribution in [0.15, 0.2) is 0 Å². The molecule has 0 rings (SSSR count). The van der Waals surface area contributed by atoms with Gasteiger partial charge in [-0.15, -0.1) is 0 Å². The number of hydrogen-bond donors (Lipinski definition) is 0. The molecule has 0 spiro atoms. The van der Waals surface area contributed by atoms with E-state index in [1.165, 1.54) is 0 Å². The van der Waals surface area contributed by atoms with Gasteiger partial charge in [0.1, 0.15) is 0 Å². The summed E-state index contributed by atoms with van der Waals surface area (Å²) in [5.74, 6) is 0.00187. The molecule has 4 heteroatoms. The molecule has 0 aromatic heterocycles. The average Bonchev–Trinajstić information content (AvgIpc) is 2.33. The Balaban J connectivity index is 3.31. The van der Waals surface area contributed by atoms with Crippen LogP contribution < -0.4 is 0 Å². The van der Waals surface area contributed by atoms with Crippen molar-refractivity contribution in [3.05, 3.63) is 6.42 Å².